The van der Waals surface area contributed by atoms with Gasteiger partial charge in [0.25, 0.3) is 11.8 Å². The van der Waals surface area contributed by atoms with Gasteiger partial charge in [0.05, 0.1) is 0 Å². The van der Waals surface area contributed by atoms with E-state index in [-0.39, 0.29) is 5.88 Å². The van der Waals surface area contributed by atoms with Crippen molar-refractivity contribution >= 4 is 29.4 Å². The number of rotatable bonds is 3. The fourth-order valence-electron chi connectivity index (χ4n) is 1.76. The van der Waals surface area contributed by atoms with Gasteiger partial charge < -0.3 is 4.74 Å². The smallest absolute Gasteiger partial charge is 0.322 e. The maximum absolute atomic E-state index is 12.1. The molecule has 0 N–H and O–H groups in total. The third kappa shape index (κ3) is 2.97. The number of nitrogens with zero attached hydrogens (tertiary/aromatic N) is 1. The van der Waals surface area contributed by atoms with Crippen molar-refractivity contribution in [2.24, 2.45) is 5.41 Å². The van der Waals surface area contributed by atoms with E-state index in [0.717, 1.165) is 4.90 Å². The monoisotopic (exact) mass is 287 g/mol. The zero-order valence-electron chi connectivity index (χ0n) is 11.7. The Morgan fingerprint density at radius 2 is 1.63 bits per heavy atom. The van der Waals surface area contributed by atoms with Crippen molar-refractivity contribution in [1.29, 1.82) is 0 Å². The summed E-state index contributed by atoms with van der Waals surface area (Å²) in [5.74, 6) is -1.84. The molecule has 0 spiro atoms. The van der Waals surface area contributed by atoms with Crippen LogP contribution in [-0.2, 0) is 19.1 Å². The predicted molar refractivity (Wildman–Crippen MR) is 70.3 cm³/mol. The molecule has 0 aromatic heterocycles. The van der Waals surface area contributed by atoms with Crippen LogP contribution in [-0.4, -0.2) is 34.8 Å². The van der Waals surface area contributed by atoms with Crippen molar-refractivity contribution in [1.82, 2.24) is 4.90 Å². The summed E-state index contributed by atoms with van der Waals surface area (Å²) in [4.78, 5) is 36.6. The molecule has 1 aliphatic heterocycles. The molecule has 1 unspecified atom stereocenters. The largest absolute Gasteiger partial charge is 0.440 e. The first-order valence-corrected chi connectivity index (χ1v) is 6.45. The zero-order valence-corrected chi connectivity index (χ0v) is 12.5. The molecular formula is C13H18ClNO4. The molecule has 2 amide bonds. The lowest BCUT2D eigenvalue weighted by Gasteiger charge is -2.35. The van der Waals surface area contributed by atoms with E-state index in [1.165, 1.54) is 0 Å². The molecule has 19 heavy (non-hydrogen) atoms. The molecule has 1 atom stereocenters. The average Bonchev–Trinajstić information content (AvgIpc) is 2.50. The third-order valence-electron chi connectivity index (χ3n) is 2.97. The number of ether oxygens (including phenoxy) is 1. The van der Waals surface area contributed by atoms with Crippen molar-refractivity contribution in [2.75, 3.05) is 5.88 Å². The van der Waals surface area contributed by atoms with E-state index in [4.69, 9.17) is 16.3 Å². The Hall–Kier alpha value is -1.36. The minimum absolute atomic E-state index is 0.325. The van der Waals surface area contributed by atoms with Gasteiger partial charge in [0, 0.05) is 16.6 Å². The fraction of sp³-hybridized carbons (Fsp3) is 0.615. The lowest BCUT2D eigenvalue weighted by molar-refractivity contribution is -0.176. The molecule has 6 heteroatoms. The minimum Gasteiger partial charge on any atom is -0.440 e. The van der Waals surface area contributed by atoms with Crippen LogP contribution in [0.1, 0.15) is 34.6 Å². The summed E-state index contributed by atoms with van der Waals surface area (Å²) in [6.45, 7) is 8.51. The summed E-state index contributed by atoms with van der Waals surface area (Å²) in [7, 11) is 0. The van der Waals surface area contributed by atoms with Crippen LogP contribution in [0.3, 0.4) is 0 Å². The molecule has 0 bridgehead atoms. The van der Waals surface area contributed by atoms with Gasteiger partial charge in [-0.3, -0.25) is 14.4 Å². The average molecular weight is 288 g/mol. The van der Waals surface area contributed by atoms with Gasteiger partial charge in [0.2, 0.25) is 0 Å². The maximum atomic E-state index is 12.1. The van der Waals surface area contributed by atoms with Gasteiger partial charge in [0.15, 0.2) is 6.23 Å². The first-order chi connectivity index (χ1) is 8.61. The Morgan fingerprint density at radius 3 is 1.95 bits per heavy atom. The van der Waals surface area contributed by atoms with Gasteiger partial charge in [-0.2, -0.15) is 0 Å². The summed E-state index contributed by atoms with van der Waals surface area (Å²) in [6.07, 6.45) is -0.967. The number of alkyl halides is 1. The van der Waals surface area contributed by atoms with E-state index in [2.05, 4.69) is 0 Å². The van der Waals surface area contributed by atoms with Crippen LogP contribution >= 0.6 is 11.6 Å². The van der Waals surface area contributed by atoms with Gasteiger partial charge in [0.1, 0.15) is 5.88 Å². The summed E-state index contributed by atoms with van der Waals surface area (Å²) in [5.41, 5.74) is 0.153. The summed E-state index contributed by atoms with van der Waals surface area (Å²) in [5, 5.41) is 0. The Bertz CT molecular complexity index is 438. The molecule has 5 nitrogen and oxygen atoms in total. The molecule has 106 valence electrons. The van der Waals surface area contributed by atoms with Crippen LogP contribution < -0.4 is 0 Å². The highest BCUT2D eigenvalue weighted by molar-refractivity contribution is 6.26. The zero-order chi connectivity index (χ0) is 15.0. The van der Waals surface area contributed by atoms with Crippen molar-refractivity contribution < 1.29 is 19.1 Å². The predicted octanol–water partition coefficient (Wildman–Crippen LogP) is 1.85. The van der Waals surface area contributed by atoms with E-state index in [1.807, 2.05) is 0 Å². The second kappa shape index (κ2) is 5.33. The van der Waals surface area contributed by atoms with Gasteiger partial charge in [-0.15, -0.1) is 11.6 Å². The van der Waals surface area contributed by atoms with Crippen molar-refractivity contribution in [3.05, 3.63) is 11.1 Å². The highest BCUT2D eigenvalue weighted by Gasteiger charge is 2.45. The van der Waals surface area contributed by atoms with Crippen LogP contribution in [0.25, 0.3) is 0 Å². The van der Waals surface area contributed by atoms with Crippen LogP contribution in [0.2, 0.25) is 0 Å². The number of esters is 1. The number of halogens is 1. The molecule has 1 aliphatic rings. The molecule has 0 aromatic carbocycles. The SMILES string of the molecule is CC1=C(C)C(=O)N(C(OC(=O)CCl)C(C)(C)C)C1=O. The van der Waals surface area contributed by atoms with Crippen LogP contribution in [0.5, 0.6) is 0 Å². The number of hydrogen-bond acceptors (Lipinski definition) is 4. The van der Waals surface area contributed by atoms with E-state index in [9.17, 15) is 14.4 Å². The van der Waals surface area contributed by atoms with Gasteiger partial charge in [-0.05, 0) is 13.8 Å². The fourth-order valence-corrected chi connectivity index (χ4v) is 1.82. The number of carbonyl (C=O) groups is 3. The molecule has 0 aliphatic carbocycles. The Morgan fingerprint density at radius 1 is 1.21 bits per heavy atom. The minimum atomic E-state index is -0.967. The molecule has 0 radical (unpaired) electrons. The summed E-state index contributed by atoms with van der Waals surface area (Å²) < 4.78 is 5.17. The van der Waals surface area contributed by atoms with Gasteiger partial charge in [-0.1, -0.05) is 20.8 Å². The second-order valence-electron chi connectivity index (χ2n) is 5.57. The summed E-state index contributed by atoms with van der Waals surface area (Å²) in [6, 6.07) is 0. The standard InChI is InChI=1S/C13H18ClNO4/c1-7-8(2)11(18)15(10(7)17)12(13(3,4)5)19-9(16)6-14/h12H,6H2,1-5H3. The van der Waals surface area contributed by atoms with Crippen molar-refractivity contribution in [2.45, 2.75) is 40.8 Å². The first-order valence-electron chi connectivity index (χ1n) is 5.92. The van der Waals surface area contributed by atoms with E-state index in [0.29, 0.717) is 11.1 Å². The Kier molecular flexibility index (Phi) is 4.40. The van der Waals surface area contributed by atoms with Crippen LogP contribution in [0.4, 0.5) is 0 Å². The van der Waals surface area contributed by atoms with E-state index >= 15 is 0 Å². The quantitative estimate of drug-likeness (QED) is 0.451. The van der Waals surface area contributed by atoms with Crippen molar-refractivity contribution in [3.63, 3.8) is 0 Å². The molecular weight excluding hydrogens is 270 g/mol. The van der Waals surface area contributed by atoms with Crippen molar-refractivity contribution in [3.8, 4) is 0 Å². The molecule has 0 aromatic rings. The third-order valence-corrected chi connectivity index (χ3v) is 3.19. The lowest BCUT2D eigenvalue weighted by atomic mass is 9.93. The number of carbonyl (C=O) groups excluding carboxylic acids is 3. The highest BCUT2D eigenvalue weighted by Crippen LogP contribution is 2.31. The molecule has 0 saturated heterocycles. The lowest BCUT2D eigenvalue weighted by Crippen LogP contribution is -2.50. The topological polar surface area (TPSA) is 63.7 Å². The summed E-state index contributed by atoms with van der Waals surface area (Å²) >= 11 is 5.41. The van der Waals surface area contributed by atoms with Gasteiger partial charge in [-0.25, -0.2) is 4.90 Å². The number of hydrogen-bond donors (Lipinski definition) is 0. The molecule has 1 heterocycles. The Labute approximate surface area is 117 Å². The molecule has 0 fully saturated rings. The van der Waals surface area contributed by atoms with Crippen LogP contribution in [0.15, 0.2) is 11.1 Å². The second-order valence-corrected chi connectivity index (χ2v) is 5.84. The van der Waals surface area contributed by atoms with E-state index < -0.39 is 29.4 Å². The first kappa shape index (κ1) is 15.7. The highest BCUT2D eigenvalue weighted by atomic mass is 35.5. The Balaban J connectivity index is 3.12. The number of amides is 2. The number of imide groups is 1. The molecule has 1 rings (SSSR count). The van der Waals surface area contributed by atoms with Gasteiger partial charge >= 0.3 is 5.97 Å². The van der Waals surface area contributed by atoms with Crippen LogP contribution in [0, 0.1) is 5.41 Å². The van der Waals surface area contributed by atoms with E-state index in [1.54, 1.807) is 34.6 Å². The molecule has 0 saturated carbocycles. The normalized spacial score (nSPS) is 18.1. The maximum Gasteiger partial charge on any atom is 0.322 e.